The van der Waals surface area contributed by atoms with Crippen molar-refractivity contribution in [2.45, 2.75) is 25.5 Å². The van der Waals surface area contributed by atoms with E-state index in [0.29, 0.717) is 11.6 Å². The first kappa shape index (κ1) is 18.2. The summed E-state index contributed by atoms with van der Waals surface area (Å²) in [7, 11) is 1.55. The van der Waals surface area contributed by atoms with E-state index >= 15 is 0 Å². The minimum absolute atomic E-state index is 0. The summed E-state index contributed by atoms with van der Waals surface area (Å²) in [4.78, 5) is 11.8. The van der Waals surface area contributed by atoms with Gasteiger partial charge in [-0.2, -0.15) is 0 Å². The number of ether oxygens (including phenoxy) is 1. The molecule has 3 N–H and O–H groups in total. The molecule has 1 aromatic rings. The molecule has 0 aliphatic rings. The van der Waals surface area contributed by atoms with Gasteiger partial charge in [0.05, 0.1) is 18.6 Å². The second-order valence-corrected chi connectivity index (χ2v) is 4.58. The molecule has 1 rings (SSSR count). The Morgan fingerprint density at radius 2 is 2.21 bits per heavy atom. The lowest BCUT2D eigenvalue weighted by Crippen LogP contribution is -2.33. The fraction of sp³-hybridized carbons (Fsp3) is 0.462. The van der Waals surface area contributed by atoms with Crippen LogP contribution in [0, 0.1) is 0 Å². The van der Waals surface area contributed by atoms with E-state index in [-0.39, 0.29) is 36.9 Å². The number of amides is 1. The summed E-state index contributed by atoms with van der Waals surface area (Å²) in [6, 6.07) is 7.33. The number of benzene rings is 1. The number of rotatable bonds is 6. The molecular weight excluding hydrogens is 287 g/mol. The van der Waals surface area contributed by atoms with Crippen molar-refractivity contribution in [3.63, 3.8) is 0 Å². The van der Waals surface area contributed by atoms with E-state index in [0.717, 1.165) is 5.56 Å². The lowest BCUT2D eigenvalue weighted by molar-refractivity contribution is -0.124. The SMILES string of the molecule is COC(CN)CC(=O)NC(C)c1cccc(Cl)c1.Cl. The van der Waals surface area contributed by atoms with Crippen LogP contribution < -0.4 is 11.1 Å². The quantitative estimate of drug-likeness (QED) is 0.847. The molecule has 0 spiro atoms. The number of nitrogens with two attached hydrogens (primary N) is 1. The van der Waals surface area contributed by atoms with E-state index < -0.39 is 0 Å². The van der Waals surface area contributed by atoms with Gasteiger partial charge in [-0.1, -0.05) is 23.7 Å². The Morgan fingerprint density at radius 3 is 2.74 bits per heavy atom. The molecule has 1 aromatic carbocycles. The highest BCUT2D eigenvalue weighted by atomic mass is 35.5. The minimum atomic E-state index is -0.239. The second kappa shape index (κ2) is 9.15. The number of carbonyl (C=O) groups is 1. The summed E-state index contributed by atoms with van der Waals surface area (Å²) in [6.07, 6.45) is 0.0225. The van der Waals surface area contributed by atoms with Crippen LogP contribution in [0.25, 0.3) is 0 Å². The maximum Gasteiger partial charge on any atom is 0.223 e. The molecule has 108 valence electrons. The molecule has 19 heavy (non-hydrogen) atoms. The van der Waals surface area contributed by atoms with Crippen molar-refractivity contribution in [2.75, 3.05) is 13.7 Å². The Kier molecular flexibility index (Phi) is 8.76. The molecule has 6 heteroatoms. The van der Waals surface area contributed by atoms with Gasteiger partial charge >= 0.3 is 0 Å². The molecule has 0 bridgehead atoms. The normalized spacial score (nSPS) is 13.3. The Balaban J connectivity index is 0.00000324. The zero-order valence-electron chi connectivity index (χ0n) is 11.1. The molecule has 2 unspecified atom stereocenters. The summed E-state index contributed by atoms with van der Waals surface area (Å²) in [5.74, 6) is -0.0835. The summed E-state index contributed by atoms with van der Waals surface area (Å²) < 4.78 is 5.07. The fourth-order valence-corrected chi connectivity index (χ4v) is 1.83. The van der Waals surface area contributed by atoms with Gasteiger partial charge in [0.25, 0.3) is 0 Å². The number of hydrogen-bond acceptors (Lipinski definition) is 3. The summed E-state index contributed by atoms with van der Waals surface area (Å²) in [5, 5.41) is 3.55. The second-order valence-electron chi connectivity index (χ2n) is 4.14. The molecule has 0 aliphatic heterocycles. The van der Waals surface area contributed by atoms with Gasteiger partial charge < -0.3 is 15.8 Å². The number of methoxy groups -OCH3 is 1. The van der Waals surface area contributed by atoms with Gasteiger partial charge in [-0.3, -0.25) is 4.79 Å². The first-order valence-electron chi connectivity index (χ1n) is 5.84. The molecule has 0 aromatic heterocycles. The minimum Gasteiger partial charge on any atom is -0.380 e. The highest BCUT2D eigenvalue weighted by Gasteiger charge is 2.14. The van der Waals surface area contributed by atoms with Crippen molar-refractivity contribution < 1.29 is 9.53 Å². The highest BCUT2D eigenvalue weighted by Crippen LogP contribution is 2.17. The number of hydrogen-bond donors (Lipinski definition) is 2. The lowest BCUT2D eigenvalue weighted by Gasteiger charge is -2.17. The highest BCUT2D eigenvalue weighted by molar-refractivity contribution is 6.30. The van der Waals surface area contributed by atoms with Crippen LogP contribution in [0.4, 0.5) is 0 Å². The Labute approximate surface area is 125 Å². The first-order valence-corrected chi connectivity index (χ1v) is 6.22. The lowest BCUT2D eigenvalue weighted by atomic mass is 10.1. The van der Waals surface area contributed by atoms with Crippen LogP contribution in [0.3, 0.4) is 0 Å². The average Bonchev–Trinajstić information content (AvgIpc) is 2.35. The van der Waals surface area contributed by atoms with E-state index in [2.05, 4.69) is 5.32 Å². The molecule has 0 radical (unpaired) electrons. The number of nitrogens with one attached hydrogen (secondary N) is 1. The van der Waals surface area contributed by atoms with Crippen LogP contribution in [-0.4, -0.2) is 25.7 Å². The summed E-state index contributed by atoms with van der Waals surface area (Å²) >= 11 is 5.91. The summed E-state index contributed by atoms with van der Waals surface area (Å²) in [6.45, 7) is 2.24. The molecule has 2 atom stereocenters. The Morgan fingerprint density at radius 1 is 1.53 bits per heavy atom. The molecule has 0 fully saturated rings. The third-order valence-electron chi connectivity index (χ3n) is 2.74. The Hall–Kier alpha value is -0.810. The maximum atomic E-state index is 11.8. The smallest absolute Gasteiger partial charge is 0.223 e. The van der Waals surface area contributed by atoms with Crippen molar-refractivity contribution in [2.24, 2.45) is 5.73 Å². The van der Waals surface area contributed by atoms with E-state index in [1.165, 1.54) is 0 Å². The van der Waals surface area contributed by atoms with Gasteiger partial charge in [0, 0.05) is 18.7 Å². The molecule has 0 aliphatic carbocycles. The molecule has 0 saturated carbocycles. The largest absolute Gasteiger partial charge is 0.380 e. The van der Waals surface area contributed by atoms with Gasteiger partial charge in [0.15, 0.2) is 0 Å². The average molecular weight is 307 g/mol. The van der Waals surface area contributed by atoms with E-state index in [4.69, 9.17) is 22.1 Å². The van der Waals surface area contributed by atoms with Crippen molar-refractivity contribution in [3.05, 3.63) is 34.9 Å². The molecule has 1 amide bonds. The van der Waals surface area contributed by atoms with Crippen LogP contribution in [0.1, 0.15) is 24.9 Å². The molecular formula is C13H20Cl2N2O2. The van der Waals surface area contributed by atoms with Crippen molar-refractivity contribution in [3.8, 4) is 0 Å². The summed E-state index contributed by atoms with van der Waals surface area (Å²) in [5.41, 5.74) is 6.44. The zero-order chi connectivity index (χ0) is 13.5. The molecule has 4 nitrogen and oxygen atoms in total. The third-order valence-corrected chi connectivity index (χ3v) is 2.97. The van der Waals surface area contributed by atoms with Gasteiger partial charge in [0.1, 0.15) is 0 Å². The monoisotopic (exact) mass is 306 g/mol. The molecule has 0 saturated heterocycles. The van der Waals surface area contributed by atoms with Gasteiger partial charge in [-0.05, 0) is 24.6 Å². The van der Waals surface area contributed by atoms with Crippen molar-refractivity contribution >= 4 is 29.9 Å². The predicted octanol–water partition coefficient (Wildman–Crippen LogP) is 2.30. The zero-order valence-corrected chi connectivity index (χ0v) is 12.6. The first-order chi connectivity index (χ1) is 8.56. The van der Waals surface area contributed by atoms with Gasteiger partial charge in [-0.15, -0.1) is 12.4 Å². The van der Waals surface area contributed by atoms with Gasteiger partial charge in [0.2, 0.25) is 5.91 Å². The topological polar surface area (TPSA) is 64.3 Å². The van der Waals surface area contributed by atoms with Crippen LogP contribution in [0.2, 0.25) is 5.02 Å². The van der Waals surface area contributed by atoms with Crippen molar-refractivity contribution in [1.29, 1.82) is 0 Å². The third kappa shape index (κ3) is 6.25. The molecule has 0 heterocycles. The van der Waals surface area contributed by atoms with Crippen molar-refractivity contribution in [1.82, 2.24) is 5.32 Å². The van der Waals surface area contributed by atoms with Crippen LogP contribution >= 0.6 is 24.0 Å². The number of carbonyl (C=O) groups excluding carboxylic acids is 1. The van der Waals surface area contributed by atoms with E-state index in [1.807, 2.05) is 25.1 Å². The standard InChI is InChI=1S/C13H19ClN2O2.ClH/c1-9(10-4-3-5-11(14)6-10)16-13(17)7-12(8-15)18-2;/h3-6,9,12H,7-8,15H2,1-2H3,(H,16,17);1H. The fourth-order valence-electron chi connectivity index (χ4n) is 1.63. The Bertz CT molecular complexity index is 398. The van der Waals surface area contributed by atoms with E-state index in [9.17, 15) is 4.79 Å². The number of halogens is 2. The van der Waals surface area contributed by atoms with Gasteiger partial charge in [-0.25, -0.2) is 0 Å². The predicted molar refractivity (Wildman–Crippen MR) is 79.7 cm³/mol. The van der Waals surface area contributed by atoms with Crippen LogP contribution in [0.15, 0.2) is 24.3 Å². The van der Waals surface area contributed by atoms with Crippen LogP contribution in [0.5, 0.6) is 0 Å². The van der Waals surface area contributed by atoms with E-state index in [1.54, 1.807) is 13.2 Å². The maximum absolute atomic E-state index is 11.8. The van der Waals surface area contributed by atoms with Crippen LogP contribution in [-0.2, 0) is 9.53 Å².